The second-order valence-corrected chi connectivity index (χ2v) is 7.20. The van der Waals surface area contributed by atoms with Gasteiger partial charge < -0.3 is 10.0 Å². The molecule has 0 saturated carbocycles. The number of rotatable bonds is 5. The maximum absolute atomic E-state index is 11.4. The van der Waals surface area contributed by atoms with Crippen LogP contribution in [0.1, 0.15) is 48.1 Å². The van der Waals surface area contributed by atoms with E-state index in [2.05, 4.69) is 23.1 Å². The standard InChI is InChI=1S/C21H26N2O2/c1-14-11-19-17(10-9-16(22-19)13-23(2)3)21(18(14)12-20(24)25)15-7-5-4-6-8-15/h7,9-11H,4-6,8,12-13H2,1-3H3,(H,24,25). The lowest BCUT2D eigenvalue weighted by molar-refractivity contribution is -0.136. The van der Waals surface area contributed by atoms with Gasteiger partial charge in [0.25, 0.3) is 0 Å². The first kappa shape index (κ1) is 17.6. The largest absolute Gasteiger partial charge is 0.481 e. The minimum absolute atomic E-state index is 0.0634. The Labute approximate surface area is 149 Å². The van der Waals surface area contributed by atoms with Gasteiger partial charge in [-0.25, -0.2) is 0 Å². The molecule has 1 aromatic heterocycles. The Morgan fingerprint density at radius 1 is 1.28 bits per heavy atom. The van der Waals surface area contributed by atoms with Gasteiger partial charge in [0, 0.05) is 11.9 Å². The van der Waals surface area contributed by atoms with Crippen LogP contribution in [0.4, 0.5) is 0 Å². The number of hydrogen-bond donors (Lipinski definition) is 1. The van der Waals surface area contributed by atoms with E-state index in [9.17, 15) is 9.90 Å². The molecule has 4 heteroatoms. The molecule has 0 aliphatic heterocycles. The molecule has 0 atom stereocenters. The second-order valence-electron chi connectivity index (χ2n) is 7.20. The van der Waals surface area contributed by atoms with Gasteiger partial charge in [0.2, 0.25) is 0 Å². The molecular weight excluding hydrogens is 312 g/mol. The zero-order valence-electron chi connectivity index (χ0n) is 15.3. The van der Waals surface area contributed by atoms with E-state index in [0.29, 0.717) is 0 Å². The van der Waals surface area contributed by atoms with Gasteiger partial charge in [-0.15, -0.1) is 0 Å². The van der Waals surface area contributed by atoms with Gasteiger partial charge in [-0.1, -0.05) is 12.1 Å². The third-order valence-electron chi connectivity index (χ3n) is 4.80. The summed E-state index contributed by atoms with van der Waals surface area (Å²) in [5.41, 5.74) is 6.36. The summed E-state index contributed by atoms with van der Waals surface area (Å²) in [6.45, 7) is 2.80. The van der Waals surface area contributed by atoms with Gasteiger partial charge in [0.05, 0.1) is 17.6 Å². The molecule has 0 saturated heterocycles. The van der Waals surface area contributed by atoms with Crippen molar-refractivity contribution in [3.63, 3.8) is 0 Å². The molecule has 0 fully saturated rings. The zero-order valence-corrected chi connectivity index (χ0v) is 15.3. The van der Waals surface area contributed by atoms with Crippen LogP contribution >= 0.6 is 0 Å². The predicted molar refractivity (Wildman–Crippen MR) is 102 cm³/mol. The topological polar surface area (TPSA) is 53.4 Å². The van der Waals surface area contributed by atoms with Crippen LogP contribution in [-0.4, -0.2) is 35.1 Å². The quantitative estimate of drug-likeness (QED) is 0.888. The first-order valence-electron chi connectivity index (χ1n) is 8.93. The Balaban J connectivity index is 2.22. The Kier molecular flexibility index (Phi) is 5.19. The molecule has 1 heterocycles. The van der Waals surface area contributed by atoms with E-state index in [4.69, 9.17) is 4.98 Å². The minimum atomic E-state index is -0.780. The van der Waals surface area contributed by atoms with E-state index in [1.54, 1.807) is 0 Å². The molecule has 2 aromatic rings. The van der Waals surface area contributed by atoms with Gasteiger partial charge in [0.15, 0.2) is 0 Å². The molecular formula is C21H26N2O2. The second kappa shape index (κ2) is 7.36. The molecule has 132 valence electrons. The molecule has 0 amide bonds. The van der Waals surface area contributed by atoms with E-state index in [1.807, 2.05) is 27.1 Å². The first-order valence-corrected chi connectivity index (χ1v) is 8.93. The normalized spacial score (nSPS) is 14.8. The fourth-order valence-corrected chi connectivity index (χ4v) is 3.71. The number of aliphatic carboxylic acids is 1. The van der Waals surface area contributed by atoms with E-state index in [1.165, 1.54) is 18.4 Å². The van der Waals surface area contributed by atoms with Crippen LogP contribution in [0, 0.1) is 6.92 Å². The lowest BCUT2D eigenvalue weighted by Gasteiger charge is -2.21. The van der Waals surface area contributed by atoms with Crippen LogP contribution in [0.15, 0.2) is 24.3 Å². The van der Waals surface area contributed by atoms with Crippen molar-refractivity contribution in [1.82, 2.24) is 9.88 Å². The lowest BCUT2D eigenvalue weighted by atomic mass is 9.85. The highest BCUT2D eigenvalue weighted by molar-refractivity contribution is 5.95. The molecule has 0 spiro atoms. The van der Waals surface area contributed by atoms with Crippen molar-refractivity contribution >= 4 is 22.4 Å². The van der Waals surface area contributed by atoms with Crippen LogP contribution in [0.3, 0.4) is 0 Å². The van der Waals surface area contributed by atoms with Crippen LogP contribution < -0.4 is 0 Å². The Morgan fingerprint density at radius 2 is 2.08 bits per heavy atom. The maximum Gasteiger partial charge on any atom is 0.307 e. The van der Waals surface area contributed by atoms with Crippen molar-refractivity contribution < 1.29 is 9.90 Å². The van der Waals surface area contributed by atoms with Crippen molar-refractivity contribution in [2.45, 2.75) is 45.6 Å². The van der Waals surface area contributed by atoms with Gasteiger partial charge in [-0.2, -0.15) is 0 Å². The number of aromatic nitrogens is 1. The van der Waals surface area contributed by atoms with Crippen LogP contribution in [0.25, 0.3) is 16.5 Å². The van der Waals surface area contributed by atoms with E-state index >= 15 is 0 Å². The van der Waals surface area contributed by atoms with Crippen molar-refractivity contribution in [1.29, 1.82) is 0 Å². The number of benzene rings is 1. The van der Waals surface area contributed by atoms with E-state index in [0.717, 1.165) is 52.7 Å². The average molecular weight is 338 g/mol. The molecule has 0 bridgehead atoms. The lowest BCUT2D eigenvalue weighted by Crippen LogP contribution is -2.12. The Hall–Kier alpha value is -2.20. The monoisotopic (exact) mass is 338 g/mol. The van der Waals surface area contributed by atoms with Gasteiger partial charge in [0.1, 0.15) is 0 Å². The van der Waals surface area contributed by atoms with Crippen LogP contribution in [0.2, 0.25) is 0 Å². The van der Waals surface area contributed by atoms with Gasteiger partial charge >= 0.3 is 5.97 Å². The van der Waals surface area contributed by atoms with Crippen molar-refractivity contribution in [3.8, 4) is 0 Å². The predicted octanol–water partition coefficient (Wildman–Crippen LogP) is 4.19. The highest BCUT2D eigenvalue weighted by atomic mass is 16.4. The molecule has 3 rings (SSSR count). The SMILES string of the molecule is Cc1cc2nc(CN(C)C)ccc2c(C2=CCCCC2)c1CC(=O)O. The summed E-state index contributed by atoms with van der Waals surface area (Å²) < 4.78 is 0. The summed E-state index contributed by atoms with van der Waals surface area (Å²) in [6.07, 6.45) is 6.82. The number of nitrogens with zero attached hydrogens (tertiary/aromatic N) is 2. The number of allylic oxidation sites excluding steroid dienone is 2. The molecule has 0 unspecified atom stereocenters. The molecule has 4 nitrogen and oxygen atoms in total. The maximum atomic E-state index is 11.4. The number of carbonyl (C=O) groups is 1. The summed E-state index contributed by atoms with van der Waals surface area (Å²) in [7, 11) is 4.07. The molecule has 1 aliphatic rings. The summed E-state index contributed by atoms with van der Waals surface area (Å²) in [5.74, 6) is -0.780. The smallest absolute Gasteiger partial charge is 0.307 e. The van der Waals surface area contributed by atoms with Crippen molar-refractivity contribution in [3.05, 3.63) is 46.7 Å². The van der Waals surface area contributed by atoms with E-state index in [-0.39, 0.29) is 6.42 Å². The zero-order chi connectivity index (χ0) is 18.0. The number of carboxylic acids is 1. The number of carboxylic acid groups (broad SMARTS) is 1. The molecule has 1 N–H and O–H groups in total. The molecule has 1 aromatic carbocycles. The van der Waals surface area contributed by atoms with E-state index < -0.39 is 5.97 Å². The molecule has 25 heavy (non-hydrogen) atoms. The van der Waals surface area contributed by atoms with Crippen LogP contribution in [0.5, 0.6) is 0 Å². The fourth-order valence-electron chi connectivity index (χ4n) is 3.71. The third kappa shape index (κ3) is 3.90. The number of hydrogen-bond acceptors (Lipinski definition) is 3. The van der Waals surface area contributed by atoms with Crippen molar-refractivity contribution in [2.75, 3.05) is 14.1 Å². The van der Waals surface area contributed by atoms with Crippen LogP contribution in [-0.2, 0) is 17.8 Å². The first-order chi connectivity index (χ1) is 12.0. The number of fused-ring (bicyclic) bond motifs is 1. The summed E-state index contributed by atoms with van der Waals surface area (Å²) >= 11 is 0. The minimum Gasteiger partial charge on any atom is -0.481 e. The highest BCUT2D eigenvalue weighted by Gasteiger charge is 2.19. The summed E-state index contributed by atoms with van der Waals surface area (Å²) in [6, 6.07) is 6.23. The highest BCUT2D eigenvalue weighted by Crippen LogP contribution is 2.36. The Bertz CT molecular complexity index is 837. The summed E-state index contributed by atoms with van der Waals surface area (Å²) in [5, 5.41) is 10.5. The molecule has 0 radical (unpaired) electrons. The van der Waals surface area contributed by atoms with Gasteiger partial charge in [-0.05, 0) is 81.1 Å². The third-order valence-corrected chi connectivity index (χ3v) is 4.80. The summed E-state index contributed by atoms with van der Waals surface area (Å²) in [4.78, 5) is 18.4. The molecule has 1 aliphatic carbocycles. The van der Waals surface area contributed by atoms with Crippen molar-refractivity contribution in [2.24, 2.45) is 0 Å². The Morgan fingerprint density at radius 3 is 2.72 bits per heavy atom. The number of pyridine rings is 1. The fraction of sp³-hybridized carbons (Fsp3) is 0.429. The van der Waals surface area contributed by atoms with Gasteiger partial charge in [-0.3, -0.25) is 9.78 Å². The number of aryl methyl sites for hydroxylation is 1. The average Bonchev–Trinajstić information content (AvgIpc) is 2.55.